The van der Waals surface area contributed by atoms with Crippen molar-refractivity contribution in [2.75, 3.05) is 0 Å². The monoisotopic (exact) mass is 528 g/mol. The number of benzene rings is 4. The average Bonchev–Trinajstić information content (AvgIpc) is 3.53. The SMILES string of the molecule is CCc1cc2c(-c3ccccc3)cccc2[cH-]1.CCc1cc2c(-c3ccccc3)cccc2[cH-]1.[Zr+2]. The van der Waals surface area contributed by atoms with Crippen molar-refractivity contribution in [3.63, 3.8) is 0 Å². The molecule has 0 radical (unpaired) electrons. The minimum atomic E-state index is 0. The molecule has 0 bridgehead atoms. The third kappa shape index (κ3) is 5.47. The van der Waals surface area contributed by atoms with E-state index in [9.17, 15) is 0 Å². The summed E-state index contributed by atoms with van der Waals surface area (Å²) in [7, 11) is 0. The Bertz CT molecular complexity index is 1380. The first-order valence-electron chi connectivity index (χ1n) is 12.2. The Morgan fingerprint density at radius 3 is 1.26 bits per heavy atom. The summed E-state index contributed by atoms with van der Waals surface area (Å²) < 4.78 is 0. The Morgan fingerprint density at radius 2 is 0.886 bits per heavy atom. The topological polar surface area (TPSA) is 0 Å². The second kappa shape index (κ2) is 11.6. The van der Waals surface area contributed by atoms with Gasteiger partial charge in [0.25, 0.3) is 0 Å². The van der Waals surface area contributed by atoms with E-state index in [0.717, 1.165) is 12.8 Å². The first-order chi connectivity index (χ1) is 16.8. The summed E-state index contributed by atoms with van der Waals surface area (Å²) in [5.41, 5.74) is 8.11. The summed E-state index contributed by atoms with van der Waals surface area (Å²) in [5.74, 6) is 0. The Labute approximate surface area is 228 Å². The van der Waals surface area contributed by atoms with Crippen LogP contribution in [-0.4, -0.2) is 0 Å². The fourth-order valence-corrected chi connectivity index (χ4v) is 4.74. The van der Waals surface area contributed by atoms with Crippen LogP contribution in [0.15, 0.2) is 121 Å². The maximum atomic E-state index is 2.32. The van der Waals surface area contributed by atoms with Crippen LogP contribution in [0.2, 0.25) is 0 Å². The smallest absolute Gasteiger partial charge is 0.164 e. The van der Waals surface area contributed by atoms with E-state index in [-0.39, 0.29) is 26.2 Å². The molecular weight excluding hydrogens is 500 g/mol. The Balaban J connectivity index is 0.000000160. The Hall–Kier alpha value is -3.02. The summed E-state index contributed by atoms with van der Waals surface area (Å²) in [6.07, 6.45) is 2.20. The van der Waals surface area contributed by atoms with E-state index < -0.39 is 0 Å². The van der Waals surface area contributed by atoms with Crippen molar-refractivity contribution in [1.29, 1.82) is 0 Å². The molecule has 6 aromatic carbocycles. The summed E-state index contributed by atoms with van der Waals surface area (Å²) in [5, 5.41) is 5.44. The third-order valence-corrected chi connectivity index (χ3v) is 6.61. The van der Waals surface area contributed by atoms with Crippen molar-refractivity contribution < 1.29 is 26.2 Å². The van der Waals surface area contributed by atoms with Crippen LogP contribution >= 0.6 is 0 Å². The normalized spacial score (nSPS) is 10.6. The van der Waals surface area contributed by atoms with E-state index in [2.05, 4.69) is 135 Å². The van der Waals surface area contributed by atoms with Gasteiger partial charge in [-0.1, -0.05) is 97.8 Å². The number of hydrogen-bond donors (Lipinski definition) is 0. The van der Waals surface area contributed by atoms with Crippen LogP contribution in [0.1, 0.15) is 25.0 Å². The molecule has 170 valence electrons. The van der Waals surface area contributed by atoms with E-state index in [4.69, 9.17) is 0 Å². The summed E-state index contributed by atoms with van der Waals surface area (Å²) in [6.45, 7) is 4.41. The van der Waals surface area contributed by atoms with Gasteiger partial charge in [-0.05, 0) is 24.0 Å². The van der Waals surface area contributed by atoms with Crippen LogP contribution in [0.25, 0.3) is 43.8 Å². The van der Waals surface area contributed by atoms with Crippen molar-refractivity contribution in [1.82, 2.24) is 0 Å². The van der Waals surface area contributed by atoms with Gasteiger partial charge in [0.05, 0.1) is 0 Å². The Kier molecular flexibility index (Phi) is 8.32. The van der Waals surface area contributed by atoms with Crippen molar-refractivity contribution in [2.45, 2.75) is 26.7 Å². The molecule has 0 N–H and O–H groups in total. The maximum absolute atomic E-state index is 2.32. The molecule has 0 heterocycles. The predicted octanol–water partition coefficient (Wildman–Crippen LogP) is 9.57. The van der Waals surface area contributed by atoms with Crippen LogP contribution in [0, 0.1) is 0 Å². The van der Waals surface area contributed by atoms with Gasteiger partial charge in [-0.3, -0.25) is 0 Å². The molecule has 0 aliphatic rings. The standard InChI is InChI=1S/2C17H15.Zr/c2*1-2-13-11-15-9-6-10-16(17(15)12-13)14-7-4-3-5-8-14;/h2*3-12H,2H2,1H3;/q2*-1;+2. The van der Waals surface area contributed by atoms with Gasteiger partial charge in [-0.15, -0.1) is 69.1 Å². The zero-order chi connectivity index (χ0) is 23.3. The molecule has 1 heteroatoms. The van der Waals surface area contributed by atoms with E-state index >= 15 is 0 Å². The van der Waals surface area contributed by atoms with E-state index in [1.165, 1.54) is 54.9 Å². The van der Waals surface area contributed by atoms with Gasteiger partial charge in [0.1, 0.15) is 0 Å². The molecule has 0 unspecified atom stereocenters. The fourth-order valence-electron chi connectivity index (χ4n) is 4.74. The number of rotatable bonds is 4. The molecule has 0 saturated heterocycles. The molecule has 0 aliphatic carbocycles. The van der Waals surface area contributed by atoms with Crippen LogP contribution < -0.4 is 0 Å². The third-order valence-electron chi connectivity index (χ3n) is 6.61. The molecule has 35 heavy (non-hydrogen) atoms. The molecule has 0 aromatic heterocycles. The van der Waals surface area contributed by atoms with E-state index in [1.54, 1.807) is 0 Å². The van der Waals surface area contributed by atoms with Gasteiger partial charge in [0.2, 0.25) is 0 Å². The van der Waals surface area contributed by atoms with Gasteiger partial charge in [0.15, 0.2) is 0 Å². The van der Waals surface area contributed by atoms with Crippen molar-refractivity contribution in [3.8, 4) is 22.3 Å². The molecule has 0 aliphatic heterocycles. The van der Waals surface area contributed by atoms with Gasteiger partial charge < -0.3 is 0 Å². The zero-order valence-corrected chi connectivity index (χ0v) is 22.9. The largest absolute Gasteiger partial charge is 2.00 e. The molecule has 0 atom stereocenters. The number of fused-ring (bicyclic) bond motifs is 2. The van der Waals surface area contributed by atoms with E-state index in [1.807, 2.05) is 0 Å². The second-order valence-electron chi connectivity index (χ2n) is 8.78. The molecule has 0 spiro atoms. The number of hydrogen-bond acceptors (Lipinski definition) is 0. The zero-order valence-electron chi connectivity index (χ0n) is 20.5. The van der Waals surface area contributed by atoms with Crippen LogP contribution in [0.5, 0.6) is 0 Å². The van der Waals surface area contributed by atoms with Crippen LogP contribution in [0.4, 0.5) is 0 Å². The van der Waals surface area contributed by atoms with Crippen LogP contribution in [-0.2, 0) is 39.0 Å². The number of aryl methyl sites for hydroxylation is 2. The molecule has 0 amide bonds. The molecular formula is C34H30Zr. The van der Waals surface area contributed by atoms with Crippen molar-refractivity contribution in [2.24, 2.45) is 0 Å². The first kappa shape index (κ1) is 25.1. The molecule has 0 fully saturated rings. The predicted molar refractivity (Wildman–Crippen MR) is 149 cm³/mol. The molecule has 0 nitrogen and oxygen atoms in total. The van der Waals surface area contributed by atoms with Crippen molar-refractivity contribution in [3.05, 3.63) is 132 Å². The quantitative estimate of drug-likeness (QED) is 0.199. The van der Waals surface area contributed by atoms with Crippen molar-refractivity contribution >= 4 is 21.5 Å². The summed E-state index contributed by atoms with van der Waals surface area (Å²) >= 11 is 0. The van der Waals surface area contributed by atoms with Crippen LogP contribution in [0.3, 0.4) is 0 Å². The van der Waals surface area contributed by atoms with Gasteiger partial charge >= 0.3 is 26.2 Å². The minimum Gasteiger partial charge on any atom is -0.164 e. The first-order valence-corrected chi connectivity index (χ1v) is 12.2. The van der Waals surface area contributed by atoms with E-state index in [0.29, 0.717) is 0 Å². The van der Waals surface area contributed by atoms with Gasteiger partial charge in [-0.25, -0.2) is 0 Å². The van der Waals surface area contributed by atoms with Gasteiger partial charge in [-0.2, -0.15) is 12.1 Å². The molecule has 6 aromatic rings. The summed E-state index contributed by atoms with van der Waals surface area (Å²) in [4.78, 5) is 0. The minimum absolute atomic E-state index is 0. The van der Waals surface area contributed by atoms with Gasteiger partial charge in [0, 0.05) is 0 Å². The molecule has 0 saturated carbocycles. The summed E-state index contributed by atoms with van der Waals surface area (Å²) in [6, 6.07) is 43.5. The maximum Gasteiger partial charge on any atom is 2.00 e. The fraction of sp³-hybridized carbons (Fsp3) is 0.118. The Morgan fingerprint density at radius 1 is 0.486 bits per heavy atom. The molecule has 6 rings (SSSR count). The second-order valence-corrected chi connectivity index (χ2v) is 8.78. The average molecular weight is 530 g/mol.